The fourth-order valence-corrected chi connectivity index (χ4v) is 2.83. The highest BCUT2D eigenvalue weighted by atomic mass is 127. The molecule has 1 heterocycles. The highest BCUT2D eigenvalue weighted by Crippen LogP contribution is 2.19. The van der Waals surface area contributed by atoms with E-state index in [-0.39, 0.29) is 48.4 Å². The number of benzene rings is 1. The van der Waals surface area contributed by atoms with E-state index in [0.29, 0.717) is 19.7 Å². The normalized spacial score (nSPS) is 16.0. The van der Waals surface area contributed by atoms with Crippen LogP contribution in [-0.2, 0) is 9.53 Å². The molecule has 0 bridgehead atoms. The zero-order valence-electron chi connectivity index (χ0n) is 15.2. The molecule has 1 aromatic carbocycles. The molecule has 9 heteroatoms. The molecule has 1 unspecified atom stereocenters. The zero-order valence-corrected chi connectivity index (χ0v) is 18.2. The lowest BCUT2D eigenvalue weighted by molar-refractivity contribution is -0.129. The number of carbonyl (C=O) groups excluding carboxylic acids is 1. The molecular formula is C17H27ClIN5O2. The molecule has 1 aromatic rings. The monoisotopic (exact) mass is 495 g/mol. The van der Waals surface area contributed by atoms with Crippen LogP contribution in [0.15, 0.2) is 29.3 Å². The maximum atomic E-state index is 12.3. The van der Waals surface area contributed by atoms with Crippen molar-refractivity contribution in [2.24, 2.45) is 10.7 Å². The molecule has 26 heavy (non-hydrogen) atoms. The van der Waals surface area contributed by atoms with Gasteiger partial charge < -0.3 is 25.6 Å². The molecule has 1 aliphatic rings. The van der Waals surface area contributed by atoms with E-state index in [1.54, 1.807) is 7.11 Å². The third-order valence-electron chi connectivity index (χ3n) is 4.02. The Kier molecular flexibility index (Phi) is 10.0. The number of nitrogens with two attached hydrogens (primary N) is 1. The first-order chi connectivity index (χ1) is 12.0. The Balaban J connectivity index is 0.00000338. The van der Waals surface area contributed by atoms with Crippen LogP contribution in [0.5, 0.6) is 0 Å². The van der Waals surface area contributed by atoms with Crippen LogP contribution in [0.3, 0.4) is 0 Å². The fourth-order valence-electron chi connectivity index (χ4n) is 2.71. The van der Waals surface area contributed by atoms with Gasteiger partial charge in [-0.1, -0.05) is 11.6 Å². The van der Waals surface area contributed by atoms with Gasteiger partial charge in [0.2, 0.25) is 5.91 Å². The van der Waals surface area contributed by atoms with Crippen LogP contribution in [0.4, 0.5) is 5.69 Å². The second kappa shape index (κ2) is 11.5. The summed E-state index contributed by atoms with van der Waals surface area (Å²) in [4.78, 5) is 20.5. The number of aliphatic imine (C=N–C) groups is 1. The number of nitrogens with one attached hydrogen (secondary N) is 1. The number of anilines is 1. The Morgan fingerprint density at radius 3 is 2.50 bits per heavy atom. The molecule has 2 rings (SSSR count). The van der Waals surface area contributed by atoms with Gasteiger partial charge >= 0.3 is 0 Å². The molecule has 146 valence electrons. The zero-order chi connectivity index (χ0) is 18.2. The Labute approximate surface area is 176 Å². The number of rotatable bonds is 6. The van der Waals surface area contributed by atoms with Crippen molar-refractivity contribution >= 4 is 53.1 Å². The fraction of sp³-hybridized carbons (Fsp3) is 0.529. The number of methoxy groups -OCH3 is 1. The van der Waals surface area contributed by atoms with Crippen LogP contribution in [0.2, 0.25) is 5.02 Å². The topological polar surface area (TPSA) is 83.2 Å². The maximum Gasteiger partial charge on any atom is 0.244 e. The summed E-state index contributed by atoms with van der Waals surface area (Å²) in [6, 6.07) is 7.80. The summed E-state index contributed by atoms with van der Waals surface area (Å²) >= 11 is 5.92. The highest BCUT2D eigenvalue weighted by Gasteiger charge is 2.21. The van der Waals surface area contributed by atoms with Crippen LogP contribution in [0, 0.1) is 0 Å². The Hall–Kier alpha value is -1.26. The second-order valence-corrected chi connectivity index (χ2v) is 6.48. The number of piperazine rings is 1. The van der Waals surface area contributed by atoms with Crippen LogP contribution < -0.4 is 16.0 Å². The lowest BCUT2D eigenvalue weighted by Gasteiger charge is -2.36. The molecule has 0 aliphatic carbocycles. The van der Waals surface area contributed by atoms with E-state index in [2.05, 4.69) is 15.2 Å². The molecule has 1 amide bonds. The van der Waals surface area contributed by atoms with E-state index < -0.39 is 0 Å². The van der Waals surface area contributed by atoms with Gasteiger partial charge in [-0.15, -0.1) is 24.0 Å². The largest absolute Gasteiger partial charge is 0.383 e. The number of hydrogen-bond donors (Lipinski definition) is 2. The average Bonchev–Trinajstić information content (AvgIpc) is 2.60. The molecule has 0 spiro atoms. The van der Waals surface area contributed by atoms with Gasteiger partial charge in [0, 0.05) is 50.0 Å². The number of amides is 1. The van der Waals surface area contributed by atoms with Gasteiger partial charge in [0.25, 0.3) is 0 Å². The molecule has 0 aromatic heterocycles. The summed E-state index contributed by atoms with van der Waals surface area (Å²) in [6.45, 7) is 5.43. The lowest BCUT2D eigenvalue weighted by atomic mass is 10.2. The quantitative estimate of drug-likeness (QED) is 0.355. The van der Waals surface area contributed by atoms with Gasteiger partial charge in [-0.3, -0.25) is 4.79 Å². The first-order valence-electron chi connectivity index (χ1n) is 8.33. The highest BCUT2D eigenvalue weighted by molar-refractivity contribution is 14.0. The molecule has 0 saturated carbocycles. The Morgan fingerprint density at radius 2 is 1.92 bits per heavy atom. The molecule has 0 radical (unpaired) electrons. The number of nitrogens with zero attached hydrogens (tertiary/aromatic N) is 3. The van der Waals surface area contributed by atoms with Crippen molar-refractivity contribution in [1.82, 2.24) is 10.2 Å². The maximum absolute atomic E-state index is 12.3. The van der Waals surface area contributed by atoms with E-state index >= 15 is 0 Å². The Bertz CT molecular complexity index is 591. The smallest absolute Gasteiger partial charge is 0.244 e. The third-order valence-corrected chi connectivity index (χ3v) is 4.27. The SMILES string of the molecule is COCC(C)NC(N)=NCC(=O)N1CCN(c2ccc(Cl)cc2)CC1.I. The minimum absolute atomic E-state index is 0. The first kappa shape index (κ1) is 22.8. The summed E-state index contributed by atoms with van der Waals surface area (Å²) < 4.78 is 5.02. The van der Waals surface area contributed by atoms with Crippen LogP contribution in [-0.4, -0.2) is 69.2 Å². The molecule has 3 N–H and O–H groups in total. The van der Waals surface area contributed by atoms with Gasteiger partial charge in [0.15, 0.2) is 5.96 Å². The van der Waals surface area contributed by atoms with Crippen LogP contribution in [0.1, 0.15) is 6.92 Å². The van der Waals surface area contributed by atoms with Crippen molar-refractivity contribution in [3.8, 4) is 0 Å². The van der Waals surface area contributed by atoms with Crippen molar-refractivity contribution in [2.75, 3.05) is 51.3 Å². The molecule has 7 nitrogen and oxygen atoms in total. The van der Waals surface area contributed by atoms with Crippen molar-refractivity contribution in [1.29, 1.82) is 0 Å². The number of halogens is 2. The van der Waals surface area contributed by atoms with E-state index in [1.807, 2.05) is 36.1 Å². The summed E-state index contributed by atoms with van der Waals surface area (Å²) in [6.07, 6.45) is 0. The summed E-state index contributed by atoms with van der Waals surface area (Å²) in [5.74, 6) is 0.248. The van der Waals surface area contributed by atoms with E-state index in [0.717, 1.165) is 23.8 Å². The van der Waals surface area contributed by atoms with Crippen molar-refractivity contribution in [3.63, 3.8) is 0 Å². The van der Waals surface area contributed by atoms with Crippen LogP contribution >= 0.6 is 35.6 Å². The van der Waals surface area contributed by atoms with Gasteiger partial charge in [-0.25, -0.2) is 4.99 Å². The van der Waals surface area contributed by atoms with Gasteiger partial charge in [0.05, 0.1) is 6.61 Å². The van der Waals surface area contributed by atoms with E-state index in [4.69, 9.17) is 22.1 Å². The van der Waals surface area contributed by atoms with E-state index in [1.165, 1.54) is 0 Å². The van der Waals surface area contributed by atoms with Gasteiger partial charge in [0.1, 0.15) is 6.54 Å². The second-order valence-electron chi connectivity index (χ2n) is 6.05. The Morgan fingerprint density at radius 1 is 1.31 bits per heavy atom. The first-order valence-corrected chi connectivity index (χ1v) is 8.71. The predicted octanol–water partition coefficient (Wildman–Crippen LogP) is 1.55. The minimum atomic E-state index is -0.0140. The minimum Gasteiger partial charge on any atom is -0.383 e. The molecule has 1 fully saturated rings. The number of hydrogen-bond acceptors (Lipinski definition) is 4. The molecule has 1 atom stereocenters. The van der Waals surface area contributed by atoms with Gasteiger partial charge in [-0.05, 0) is 31.2 Å². The number of guanidine groups is 1. The van der Waals surface area contributed by atoms with Crippen molar-refractivity contribution in [3.05, 3.63) is 29.3 Å². The predicted molar refractivity (Wildman–Crippen MR) is 117 cm³/mol. The van der Waals surface area contributed by atoms with Crippen molar-refractivity contribution in [2.45, 2.75) is 13.0 Å². The molecular weight excluding hydrogens is 469 g/mol. The standard InChI is InChI=1S/C17H26ClN5O2.HI/c1-13(12-25-2)21-17(19)20-11-16(24)23-9-7-22(8-10-23)15-5-3-14(18)4-6-15;/h3-6,13H,7-12H2,1-2H3,(H3,19,20,21);1H. The molecule has 1 saturated heterocycles. The number of carbonyl (C=O) groups is 1. The summed E-state index contributed by atoms with van der Waals surface area (Å²) in [5.41, 5.74) is 6.91. The van der Waals surface area contributed by atoms with E-state index in [9.17, 15) is 4.79 Å². The summed E-state index contributed by atoms with van der Waals surface area (Å²) in [5, 5.41) is 3.71. The summed E-state index contributed by atoms with van der Waals surface area (Å²) in [7, 11) is 1.62. The van der Waals surface area contributed by atoms with Crippen molar-refractivity contribution < 1.29 is 9.53 Å². The number of ether oxygens (including phenoxy) is 1. The average molecular weight is 496 g/mol. The van der Waals surface area contributed by atoms with Crippen LogP contribution in [0.25, 0.3) is 0 Å². The lowest BCUT2D eigenvalue weighted by Crippen LogP contribution is -2.49. The van der Waals surface area contributed by atoms with Gasteiger partial charge in [-0.2, -0.15) is 0 Å². The molecule has 1 aliphatic heterocycles. The third kappa shape index (κ3) is 7.16.